The minimum Gasteiger partial charge on any atom is -0.504 e. The van der Waals surface area contributed by atoms with Gasteiger partial charge < -0.3 is 20.8 Å². The molecule has 9 heteroatoms. The van der Waals surface area contributed by atoms with Gasteiger partial charge in [-0.3, -0.25) is 0 Å². The van der Waals surface area contributed by atoms with Gasteiger partial charge in [0.2, 0.25) is 5.95 Å². The standard InChI is InChI=1S/C18H17FN6O2/c1-24(2)12-8-10(19)7-11-16(12)17-22-18(20)23-25(17)15(21-11)6-9-3-4-13(26)14(27)5-9/h3-5,7-8,26-27H,6H2,1-2H3,(H2,20,23). The molecule has 0 atom stereocenters. The van der Waals surface area contributed by atoms with E-state index in [0.29, 0.717) is 33.6 Å². The van der Waals surface area contributed by atoms with Gasteiger partial charge in [0, 0.05) is 26.6 Å². The largest absolute Gasteiger partial charge is 0.504 e. The first-order chi connectivity index (χ1) is 12.8. The smallest absolute Gasteiger partial charge is 0.240 e. The Morgan fingerprint density at radius 2 is 1.89 bits per heavy atom. The summed E-state index contributed by atoms with van der Waals surface area (Å²) in [6.45, 7) is 0. The lowest BCUT2D eigenvalue weighted by Crippen LogP contribution is -2.12. The van der Waals surface area contributed by atoms with Gasteiger partial charge in [0.05, 0.1) is 16.6 Å². The lowest BCUT2D eigenvalue weighted by Gasteiger charge is -2.16. The molecule has 0 aliphatic rings. The van der Waals surface area contributed by atoms with Crippen LogP contribution in [-0.4, -0.2) is 43.9 Å². The number of nitrogen functional groups attached to an aromatic ring is 1. The molecule has 0 aliphatic carbocycles. The number of phenolic OH excluding ortho intramolecular Hbond substituents is 2. The van der Waals surface area contributed by atoms with E-state index in [-0.39, 0.29) is 23.9 Å². The van der Waals surface area contributed by atoms with Crippen LogP contribution in [0.4, 0.5) is 16.0 Å². The van der Waals surface area contributed by atoms with E-state index in [2.05, 4.69) is 15.1 Å². The van der Waals surface area contributed by atoms with Gasteiger partial charge in [0.25, 0.3) is 0 Å². The molecule has 138 valence electrons. The molecule has 2 aromatic heterocycles. The highest BCUT2D eigenvalue weighted by atomic mass is 19.1. The molecule has 0 bridgehead atoms. The van der Waals surface area contributed by atoms with Crippen LogP contribution in [-0.2, 0) is 6.42 Å². The first kappa shape index (κ1) is 16.8. The molecule has 4 N–H and O–H groups in total. The summed E-state index contributed by atoms with van der Waals surface area (Å²) in [7, 11) is 3.61. The highest BCUT2D eigenvalue weighted by Gasteiger charge is 2.18. The maximum atomic E-state index is 14.1. The molecule has 4 aromatic rings. The van der Waals surface area contributed by atoms with Gasteiger partial charge in [-0.15, -0.1) is 5.10 Å². The number of halogens is 1. The minimum absolute atomic E-state index is 0.0770. The molecule has 0 aliphatic heterocycles. The number of benzene rings is 2. The molecule has 0 radical (unpaired) electrons. The van der Waals surface area contributed by atoms with Gasteiger partial charge in [-0.1, -0.05) is 6.07 Å². The summed E-state index contributed by atoms with van der Waals surface area (Å²) < 4.78 is 15.6. The van der Waals surface area contributed by atoms with E-state index in [1.54, 1.807) is 25.1 Å². The van der Waals surface area contributed by atoms with E-state index < -0.39 is 5.82 Å². The molecule has 0 spiro atoms. The van der Waals surface area contributed by atoms with Crippen LogP contribution in [0.2, 0.25) is 0 Å². The van der Waals surface area contributed by atoms with E-state index in [0.717, 1.165) is 0 Å². The van der Waals surface area contributed by atoms with Gasteiger partial charge in [-0.25, -0.2) is 9.37 Å². The van der Waals surface area contributed by atoms with Crippen LogP contribution >= 0.6 is 0 Å². The molecule has 4 rings (SSSR count). The molecule has 0 fully saturated rings. The molecule has 0 unspecified atom stereocenters. The normalized spacial score (nSPS) is 11.4. The second-order valence-electron chi connectivity index (χ2n) is 6.45. The number of fused-ring (bicyclic) bond motifs is 3. The third-order valence-electron chi connectivity index (χ3n) is 4.29. The summed E-state index contributed by atoms with van der Waals surface area (Å²) in [5.74, 6) is -0.305. The van der Waals surface area contributed by atoms with Crippen LogP contribution in [0.3, 0.4) is 0 Å². The quantitative estimate of drug-likeness (QED) is 0.475. The van der Waals surface area contributed by atoms with E-state index in [1.807, 2.05) is 0 Å². The van der Waals surface area contributed by atoms with Crippen LogP contribution < -0.4 is 10.6 Å². The number of hydrogen-bond donors (Lipinski definition) is 3. The molecule has 0 amide bonds. The number of nitrogens with two attached hydrogens (primary N) is 1. The molecule has 2 aromatic carbocycles. The van der Waals surface area contributed by atoms with Crippen LogP contribution in [0.1, 0.15) is 11.4 Å². The van der Waals surface area contributed by atoms with Crippen molar-refractivity contribution in [3.63, 3.8) is 0 Å². The summed E-state index contributed by atoms with van der Waals surface area (Å²) >= 11 is 0. The molecule has 2 heterocycles. The molecular weight excluding hydrogens is 351 g/mol. The number of hydrogen-bond acceptors (Lipinski definition) is 7. The molecule has 0 saturated carbocycles. The van der Waals surface area contributed by atoms with Gasteiger partial charge >= 0.3 is 0 Å². The van der Waals surface area contributed by atoms with Crippen molar-refractivity contribution in [2.24, 2.45) is 0 Å². The monoisotopic (exact) mass is 368 g/mol. The average Bonchev–Trinajstić information content (AvgIpc) is 2.99. The number of nitrogens with zero attached hydrogens (tertiary/aromatic N) is 5. The number of anilines is 2. The van der Waals surface area contributed by atoms with Crippen molar-refractivity contribution >= 4 is 28.2 Å². The molecule has 27 heavy (non-hydrogen) atoms. The van der Waals surface area contributed by atoms with Gasteiger partial charge in [-0.2, -0.15) is 9.50 Å². The van der Waals surface area contributed by atoms with Gasteiger partial charge in [0.1, 0.15) is 11.6 Å². The van der Waals surface area contributed by atoms with Gasteiger partial charge in [0.15, 0.2) is 17.1 Å². The van der Waals surface area contributed by atoms with Crippen LogP contribution in [0.15, 0.2) is 30.3 Å². The van der Waals surface area contributed by atoms with Crippen molar-refractivity contribution in [3.05, 3.63) is 47.5 Å². The lowest BCUT2D eigenvalue weighted by atomic mass is 10.1. The molecule has 8 nitrogen and oxygen atoms in total. The first-order valence-corrected chi connectivity index (χ1v) is 8.16. The van der Waals surface area contributed by atoms with Crippen LogP contribution in [0.5, 0.6) is 11.5 Å². The van der Waals surface area contributed by atoms with Crippen LogP contribution in [0, 0.1) is 5.82 Å². The zero-order chi connectivity index (χ0) is 19.3. The summed E-state index contributed by atoms with van der Waals surface area (Å²) in [5, 5.41) is 24.1. The third kappa shape index (κ3) is 2.82. The second-order valence-corrected chi connectivity index (χ2v) is 6.45. The second kappa shape index (κ2) is 5.97. The Balaban J connectivity index is 1.99. The SMILES string of the molecule is CN(C)c1cc(F)cc2nc(Cc3ccc(O)c(O)c3)n3nc(N)nc3c12. The van der Waals surface area contributed by atoms with Crippen molar-refractivity contribution in [1.82, 2.24) is 19.6 Å². The van der Waals surface area contributed by atoms with Gasteiger partial charge in [-0.05, 0) is 23.8 Å². The molecular formula is C18H17FN6O2. The fourth-order valence-electron chi connectivity index (χ4n) is 3.08. The highest BCUT2D eigenvalue weighted by Crippen LogP contribution is 2.31. The Hall–Kier alpha value is -3.62. The van der Waals surface area contributed by atoms with Crippen LogP contribution in [0.25, 0.3) is 16.6 Å². The number of aromatic hydroxyl groups is 2. The van der Waals surface area contributed by atoms with Crippen molar-refractivity contribution in [1.29, 1.82) is 0 Å². The Morgan fingerprint density at radius 1 is 1.11 bits per heavy atom. The number of phenols is 2. The average molecular weight is 368 g/mol. The Bertz CT molecular complexity index is 1190. The maximum Gasteiger partial charge on any atom is 0.240 e. The van der Waals surface area contributed by atoms with Crippen molar-refractivity contribution in [2.45, 2.75) is 6.42 Å². The topological polar surface area (TPSA) is 113 Å². The highest BCUT2D eigenvalue weighted by molar-refractivity contribution is 6.02. The summed E-state index contributed by atoms with van der Waals surface area (Å²) in [5.41, 5.74) is 8.02. The number of rotatable bonds is 3. The van der Waals surface area contributed by atoms with E-state index in [4.69, 9.17) is 5.73 Å². The molecule has 0 saturated heterocycles. The van der Waals surface area contributed by atoms with E-state index in [1.165, 1.54) is 28.8 Å². The Labute approximate surface area is 153 Å². The predicted octanol–water partition coefficient (Wildman–Crippen LogP) is 2.07. The maximum absolute atomic E-state index is 14.1. The summed E-state index contributed by atoms with van der Waals surface area (Å²) in [6, 6.07) is 7.23. The van der Waals surface area contributed by atoms with Crippen molar-refractivity contribution < 1.29 is 14.6 Å². The fourth-order valence-corrected chi connectivity index (χ4v) is 3.08. The first-order valence-electron chi connectivity index (χ1n) is 8.16. The lowest BCUT2D eigenvalue weighted by molar-refractivity contribution is 0.403. The zero-order valence-corrected chi connectivity index (χ0v) is 14.7. The summed E-state index contributed by atoms with van der Waals surface area (Å²) in [4.78, 5) is 10.6. The minimum atomic E-state index is -0.413. The zero-order valence-electron chi connectivity index (χ0n) is 14.7. The van der Waals surface area contributed by atoms with E-state index in [9.17, 15) is 14.6 Å². The third-order valence-corrected chi connectivity index (χ3v) is 4.29. The predicted molar refractivity (Wildman–Crippen MR) is 99.6 cm³/mol. The van der Waals surface area contributed by atoms with Crippen molar-refractivity contribution in [2.75, 3.05) is 24.7 Å². The summed E-state index contributed by atoms with van der Waals surface area (Å²) in [6.07, 6.45) is 0.275. The van der Waals surface area contributed by atoms with E-state index >= 15 is 0 Å². The Kier molecular flexibility index (Phi) is 3.72. The number of aromatic nitrogens is 4. The van der Waals surface area contributed by atoms with Crippen molar-refractivity contribution in [3.8, 4) is 11.5 Å². The fraction of sp³-hybridized carbons (Fsp3) is 0.167. The Morgan fingerprint density at radius 3 is 2.59 bits per heavy atom.